The Morgan fingerprint density at radius 1 is 1.50 bits per heavy atom. The van der Waals surface area contributed by atoms with Crippen molar-refractivity contribution < 1.29 is 9.53 Å². The first-order valence-electron chi connectivity index (χ1n) is 6.68. The second-order valence-corrected chi connectivity index (χ2v) is 5.84. The number of carbonyl (C=O) groups is 1. The second kappa shape index (κ2) is 6.54. The molecule has 0 aliphatic rings. The Hall–Kier alpha value is -1.85. The van der Waals surface area contributed by atoms with Crippen LogP contribution in [-0.4, -0.2) is 41.3 Å². The number of hydrogen-bond donors (Lipinski definition) is 1. The van der Waals surface area contributed by atoms with E-state index in [0.29, 0.717) is 12.5 Å². The highest BCUT2D eigenvalue weighted by Crippen LogP contribution is 2.09. The normalized spacial score (nSPS) is 12.7. The van der Waals surface area contributed by atoms with Crippen LogP contribution >= 0.6 is 0 Å². The minimum atomic E-state index is -0.487. The van der Waals surface area contributed by atoms with Crippen molar-refractivity contribution in [1.29, 1.82) is 0 Å². The first-order valence-corrected chi connectivity index (χ1v) is 6.68. The zero-order chi connectivity index (χ0) is 15.3. The molecule has 1 aromatic rings. The van der Waals surface area contributed by atoms with Gasteiger partial charge in [0, 0.05) is 31.5 Å². The molecule has 0 saturated carbocycles. The van der Waals surface area contributed by atoms with E-state index in [9.17, 15) is 4.79 Å². The lowest BCUT2D eigenvalue weighted by molar-refractivity contribution is 0.0525. The van der Waals surface area contributed by atoms with Crippen molar-refractivity contribution in [2.24, 2.45) is 0 Å². The van der Waals surface area contributed by atoms with E-state index >= 15 is 0 Å². The van der Waals surface area contributed by atoms with Crippen LogP contribution in [0.3, 0.4) is 0 Å². The summed E-state index contributed by atoms with van der Waals surface area (Å²) in [6.07, 6.45) is 1.31. The van der Waals surface area contributed by atoms with Gasteiger partial charge in [-0.05, 0) is 40.7 Å². The highest BCUT2D eigenvalue weighted by molar-refractivity contribution is 5.67. The smallest absolute Gasteiger partial charge is 0.407 e. The van der Waals surface area contributed by atoms with Crippen molar-refractivity contribution in [2.45, 2.75) is 46.3 Å². The first-order chi connectivity index (χ1) is 9.19. The summed E-state index contributed by atoms with van der Waals surface area (Å²) < 4.78 is 5.19. The molecule has 0 bridgehead atoms. The molecule has 0 fully saturated rings. The maximum absolute atomic E-state index is 11.6. The van der Waals surface area contributed by atoms with E-state index in [-0.39, 0.29) is 6.04 Å². The Kier molecular flexibility index (Phi) is 5.30. The number of ether oxygens (including phenoxy) is 1. The number of aromatic nitrogens is 2. The highest BCUT2D eigenvalue weighted by atomic mass is 16.6. The van der Waals surface area contributed by atoms with Crippen LogP contribution in [0.25, 0.3) is 0 Å². The maximum Gasteiger partial charge on any atom is 0.407 e. The second-order valence-electron chi connectivity index (χ2n) is 5.84. The predicted octanol–water partition coefficient (Wildman–Crippen LogP) is 2.13. The summed E-state index contributed by atoms with van der Waals surface area (Å²) in [5.41, 5.74) is 0.424. The fourth-order valence-electron chi connectivity index (χ4n) is 1.48. The number of rotatable bonds is 4. The van der Waals surface area contributed by atoms with Gasteiger partial charge in [-0.1, -0.05) is 0 Å². The largest absolute Gasteiger partial charge is 0.444 e. The number of hydrogen-bond acceptors (Lipinski definition) is 5. The van der Waals surface area contributed by atoms with Crippen molar-refractivity contribution >= 4 is 12.0 Å². The number of anilines is 1. The molecular formula is C14H24N4O2. The van der Waals surface area contributed by atoms with E-state index in [1.165, 1.54) is 0 Å². The molecule has 1 amide bonds. The molecule has 6 nitrogen and oxygen atoms in total. The molecule has 6 heteroatoms. The minimum absolute atomic E-state index is 0.0596. The van der Waals surface area contributed by atoms with E-state index in [2.05, 4.69) is 15.3 Å². The minimum Gasteiger partial charge on any atom is -0.444 e. The van der Waals surface area contributed by atoms with E-state index in [1.807, 2.05) is 52.6 Å². The van der Waals surface area contributed by atoms with Gasteiger partial charge in [-0.3, -0.25) is 0 Å². The standard InChI is InChI=1S/C14H24N4O2/c1-10-7-8-15-12(17-10)18(6)11(2)9-16-13(19)20-14(3,4)5/h7-8,11H,9H2,1-6H3,(H,16,19)/t11-/m0/s1. The van der Waals surface area contributed by atoms with Crippen molar-refractivity contribution in [1.82, 2.24) is 15.3 Å². The third kappa shape index (κ3) is 5.42. The van der Waals surface area contributed by atoms with Gasteiger partial charge in [0.1, 0.15) is 5.60 Å². The lowest BCUT2D eigenvalue weighted by Crippen LogP contribution is -2.42. The zero-order valence-electron chi connectivity index (χ0n) is 13.1. The number of amides is 1. The molecule has 0 spiro atoms. The average molecular weight is 280 g/mol. The molecule has 1 N–H and O–H groups in total. The molecule has 112 valence electrons. The van der Waals surface area contributed by atoms with E-state index < -0.39 is 11.7 Å². The Morgan fingerprint density at radius 3 is 2.70 bits per heavy atom. The number of alkyl carbamates (subject to hydrolysis) is 1. The average Bonchev–Trinajstić information content (AvgIpc) is 2.33. The molecular weight excluding hydrogens is 256 g/mol. The first kappa shape index (κ1) is 16.2. The van der Waals surface area contributed by atoms with Crippen LogP contribution in [0.5, 0.6) is 0 Å². The summed E-state index contributed by atoms with van der Waals surface area (Å²) in [6, 6.07) is 1.91. The van der Waals surface area contributed by atoms with E-state index in [0.717, 1.165) is 5.69 Å². The third-order valence-electron chi connectivity index (χ3n) is 2.70. The Labute approximate surface area is 120 Å². The van der Waals surface area contributed by atoms with Crippen molar-refractivity contribution in [3.05, 3.63) is 18.0 Å². The van der Waals surface area contributed by atoms with Gasteiger partial charge in [-0.25, -0.2) is 14.8 Å². The van der Waals surface area contributed by atoms with Gasteiger partial charge in [-0.2, -0.15) is 0 Å². The van der Waals surface area contributed by atoms with Crippen LogP contribution in [0.4, 0.5) is 10.7 Å². The van der Waals surface area contributed by atoms with Crippen LogP contribution in [0.2, 0.25) is 0 Å². The number of likely N-dealkylation sites (N-methyl/N-ethyl adjacent to an activating group) is 1. The summed E-state index contributed by atoms with van der Waals surface area (Å²) in [4.78, 5) is 22.1. The zero-order valence-corrected chi connectivity index (χ0v) is 13.1. The van der Waals surface area contributed by atoms with Gasteiger partial charge in [-0.15, -0.1) is 0 Å². The Morgan fingerprint density at radius 2 is 2.15 bits per heavy atom. The summed E-state index contributed by atoms with van der Waals surface area (Å²) >= 11 is 0. The number of nitrogens with zero attached hydrogens (tertiary/aromatic N) is 3. The predicted molar refractivity (Wildman–Crippen MR) is 78.9 cm³/mol. The SMILES string of the molecule is Cc1ccnc(N(C)[C@@H](C)CNC(=O)OC(C)(C)C)n1. The molecule has 0 aromatic carbocycles. The van der Waals surface area contributed by atoms with Gasteiger partial charge >= 0.3 is 6.09 Å². The van der Waals surface area contributed by atoms with Gasteiger partial charge < -0.3 is 15.0 Å². The molecule has 0 radical (unpaired) electrons. The van der Waals surface area contributed by atoms with Crippen LogP contribution in [0.15, 0.2) is 12.3 Å². The van der Waals surface area contributed by atoms with Crippen LogP contribution in [-0.2, 0) is 4.74 Å². The molecule has 0 unspecified atom stereocenters. The van der Waals surface area contributed by atoms with E-state index in [1.54, 1.807) is 6.20 Å². The molecule has 1 heterocycles. The van der Waals surface area contributed by atoms with Crippen molar-refractivity contribution in [3.63, 3.8) is 0 Å². The monoisotopic (exact) mass is 280 g/mol. The van der Waals surface area contributed by atoms with Crippen molar-refractivity contribution in [3.8, 4) is 0 Å². The fraction of sp³-hybridized carbons (Fsp3) is 0.643. The highest BCUT2D eigenvalue weighted by Gasteiger charge is 2.18. The molecule has 1 atom stereocenters. The molecule has 1 aromatic heterocycles. The summed E-state index contributed by atoms with van der Waals surface area (Å²) in [6.45, 7) is 9.88. The summed E-state index contributed by atoms with van der Waals surface area (Å²) in [5, 5.41) is 2.75. The molecule has 0 saturated heterocycles. The summed E-state index contributed by atoms with van der Waals surface area (Å²) in [5.74, 6) is 0.642. The van der Waals surface area contributed by atoms with Gasteiger partial charge in [0.2, 0.25) is 5.95 Å². The van der Waals surface area contributed by atoms with E-state index in [4.69, 9.17) is 4.74 Å². The summed E-state index contributed by atoms with van der Waals surface area (Å²) in [7, 11) is 1.90. The molecule has 0 aliphatic heterocycles. The van der Waals surface area contributed by atoms with Crippen molar-refractivity contribution in [2.75, 3.05) is 18.5 Å². The van der Waals surface area contributed by atoms with Gasteiger partial charge in [0.05, 0.1) is 0 Å². The lowest BCUT2D eigenvalue weighted by Gasteiger charge is -2.26. The maximum atomic E-state index is 11.6. The molecule has 1 rings (SSSR count). The van der Waals surface area contributed by atoms with Gasteiger partial charge in [0.15, 0.2) is 0 Å². The third-order valence-corrected chi connectivity index (χ3v) is 2.70. The molecule has 20 heavy (non-hydrogen) atoms. The number of nitrogens with one attached hydrogen (secondary N) is 1. The van der Waals surface area contributed by atoms with Crippen LogP contribution in [0.1, 0.15) is 33.4 Å². The van der Waals surface area contributed by atoms with Crippen LogP contribution < -0.4 is 10.2 Å². The topological polar surface area (TPSA) is 67.4 Å². The Balaban J connectivity index is 2.50. The quantitative estimate of drug-likeness (QED) is 0.915. The van der Waals surface area contributed by atoms with Crippen LogP contribution in [0, 0.1) is 6.92 Å². The van der Waals surface area contributed by atoms with Gasteiger partial charge in [0.25, 0.3) is 0 Å². The number of aryl methyl sites for hydroxylation is 1. The lowest BCUT2D eigenvalue weighted by atomic mass is 10.2. The Bertz CT molecular complexity index is 457. The number of carbonyl (C=O) groups excluding carboxylic acids is 1. The fourth-order valence-corrected chi connectivity index (χ4v) is 1.48. The molecule has 0 aliphatic carbocycles.